The number of methoxy groups -OCH3 is 1. The summed E-state index contributed by atoms with van der Waals surface area (Å²) in [6.45, 7) is 0. The Hall–Kier alpha value is -1.58. The Labute approximate surface area is 127 Å². The minimum atomic E-state index is 0.349. The highest BCUT2D eigenvalue weighted by Gasteiger charge is 2.09. The van der Waals surface area contributed by atoms with Crippen molar-refractivity contribution in [2.75, 3.05) is 7.11 Å². The van der Waals surface area contributed by atoms with E-state index in [1.165, 1.54) is 6.20 Å². The van der Waals surface area contributed by atoms with E-state index in [0.717, 1.165) is 8.95 Å². The number of nitriles is 1. The zero-order chi connectivity index (χ0) is 13.8. The predicted molar refractivity (Wildman–Crippen MR) is 77.4 cm³/mol. The first-order valence-corrected chi connectivity index (χ1v) is 6.79. The van der Waals surface area contributed by atoms with E-state index in [2.05, 4.69) is 36.8 Å². The Kier molecular flexibility index (Phi) is 4.40. The molecule has 0 N–H and O–H groups in total. The number of benzene rings is 1. The molecule has 0 amide bonds. The zero-order valence-corrected chi connectivity index (χ0v) is 13.0. The monoisotopic (exact) mass is 382 g/mol. The summed E-state index contributed by atoms with van der Waals surface area (Å²) < 4.78 is 12.4. The molecule has 0 fully saturated rings. The van der Waals surface area contributed by atoms with Crippen molar-refractivity contribution < 1.29 is 9.47 Å². The minimum absolute atomic E-state index is 0.349. The molecule has 2 rings (SSSR count). The molecule has 0 saturated heterocycles. The van der Waals surface area contributed by atoms with Crippen LogP contribution in [0.1, 0.15) is 5.69 Å². The molecule has 0 spiro atoms. The van der Waals surface area contributed by atoms with Gasteiger partial charge in [-0.2, -0.15) is 5.26 Å². The van der Waals surface area contributed by atoms with Gasteiger partial charge in [0.1, 0.15) is 29.0 Å². The maximum atomic E-state index is 8.68. The summed E-state index contributed by atoms with van der Waals surface area (Å²) in [6, 6.07) is 8.84. The first-order valence-electron chi connectivity index (χ1n) is 5.21. The van der Waals surface area contributed by atoms with E-state index in [4.69, 9.17) is 14.7 Å². The molecule has 2 aromatic rings. The molecule has 19 heavy (non-hydrogen) atoms. The van der Waals surface area contributed by atoms with Gasteiger partial charge in [0.2, 0.25) is 0 Å². The molecule has 0 atom stereocenters. The molecule has 0 aliphatic rings. The van der Waals surface area contributed by atoms with Gasteiger partial charge in [-0.15, -0.1) is 0 Å². The van der Waals surface area contributed by atoms with Crippen molar-refractivity contribution in [3.8, 4) is 23.3 Å². The maximum Gasteiger partial charge on any atom is 0.145 e. The third-order valence-corrected chi connectivity index (χ3v) is 3.52. The number of ether oxygens (including phenoxy) is 2. The lowest BCUT2D eigenvalue weighted by molar-refractivity contribution is 0.409. The summed E-state index contributed by atoms with van der Waals surface area (Å²) in [5.41, 5.74) is 0.349. The Morgan fingerprint density at radius 2 is 1.84 bits per heavy atom. The van der Waals surface area contributed by atoms with Gasteiger partial charge in [-0.25, -0.2) is 4.98 Å². The highest BCUT2D eigenvalue weighted by atomic mass is 79.9. The largest absolute Gasteiger partial charge is 0.496 e. The lowest BCUT2D eigenvalue weighted by atomic mass is 10.3. The van der Waals surface area contributed by atoms with Crippen molar-refractivity contribution in [1.29, 1.82) is 5.26 Å². The second-order valence-corrected chi connectivity index (χ2v) is 5.22. The van der Waals surface area contributed by atoms with Gasteiger partial charge in [-0.3, -0.25) is 0 Å². The minimum Gasteiger partial charge on any atom is -0.496 e. The van der Waals surface area contributed by atoms with E-state index >= 15 is 0 Å². The van der Waals surface area contributed by atoms with E-state index < -0.39 is 0 Å². The van der Waals surface area contributed by atoms with Crippen molar-refractivity contribution in [1.82, 2.24) is 4.98 Å². The second kappa shape index (κ2) is 6.04. The average Bonchev–Trinajstić information content (AvgIpc) is 2.43. The summed E-state index contributed by atoms with van der Waals surface area (Å²) in [7, 11) is 1.59. The van der Waals surface area contributed by atoms with Gasteiger partial charge in [-0.1, -0.05) is 0 Å². The number of nitrogens with zero attached hydrogens (tertiary/aromatic N) is 2. The lowest BCUT2D eigenvalue weighted by Crippen LogP contribution is -1.90. The number of pyridine rings is 1. The topological polar surface area (TPSA) is 55.1 Å². The molecule has 1 aromatic carbocycles. The Balaban J connectivity index is 2.28. The van der Waals surface area contributed by atoms with Crippen LogP contribution in [0.4, 0.5) is 0 Å². The van der Waals surface area contributed by atoms with Gasteiger partial charge in [-0.05, 0) is 56.1 Å². The number of aromatic nitrogens is 1. The molecule has 0 aliphatic heterocycles. The van der Waals surface area contributed by atoms with Gasteiger partial charge in [0.15, 0.2) is 0 Å². The summed E-state index contributed by atoms with van der Waals surface area (Å²) in [6.07, 6.45) is 1.50. The number of halogens is 2. The maximum absolute atomic E-state index is 8.68. The normalized spacial score (nSPS) is 9.79. The Bertz CT molecular complexity index is 636. The first kappa shape index (κ1) is 13.8. The van der Waals surface area contributed by atoms with Crippen LogP contribution in [0.3, 0.4) is 0 Å². The molecular weight excluding hydrogens is 376 g/mol. The van der Waals surface area contributed by atoms with Gasteiger partial charge in [0, 0.05) is 0 Å². The fraction of sp³-hybridized carbons (Fsp3) is 0.0769. The standard InChI is InChI=1S/C13H8Br2N2O2/c1-18-12-4-11(15)13(5-10(12)14)19-9-3-2-8(6-16)17-7-9/h2-5,7H,1H3. The van der Waals surface area contributed by atoms with Gasteiger partial charge < -0.3 is 9.47 Å². The number of rotatable bonds is 3. The second-order valence-electron chi connectivity index (χ2n) is 3.51. The Morgan fingerprint density at radius 1 is 1.16 bits per heavy atom. The van der Waals surface area contributed by atoms with Crippen LogP contribution in [-0.2, 0) is 0 Å². The third-order valence-electron chi connectivity index (χ3n) is 2.29. The number of hydrogen-bond acceptors (Lipinski definition) is 4. The predicted octanol–water partition coefficient (Wildman–Crippen LogP) is 4.28. The van der Waals surface area contributed by atoms with E-state index in [-0.39, 0.29) is 0 Å². The van der Waals surface area contributed by atoms with Crippen molar-refractivity contribution in [2.24, 2.45) is 0 Å². The molecule has 0 radical (unpaired) electrons. The van der Waals surface area contributed by atoms with Crippen LogP contribution in [0.5, 0.6) is 17.2 Å². The molecule has 0 aliphatic carbocycles. The fourth-order valence-corrected chi connectivity index (χ4v) is 2.27. The van der Waals surface area contributed by atoms with Crippen LogP contribution in [-0.4, -0.2) is 12.1 Å². The van der Waals surface area contributed by atoms with E-state index in [9.17, 15) is 0 Å². The van der Waals surface area contributed by atoms with E-state index in [0.29, 0.717) is 22.9 Å². The van der Waals surface area contributed by atoms with Crippen LogP contribution in [0.25, 0.3) is 0 Å². The van der Waals surface area contributed by atoms with E-state index in [1.807, 2.05) is 6.07 Å². The lowest BCUT2D eigenvalue weighted by Gasteiger charge is -2.10. The molecule has 96 valence electrons. The third kappa shape index (κ3) is 3.25. The van der Waals surface area contributed by atoms with Crippen LogP contribution in [0, 0.1) is 11.3 Å². The smallest absolute Gasteiger partial charge is 0.145 e. The van der Waals surface area contributed by atoms with Crippen molar-refractivity contribution >= 4 is 31.9 Å². The highest BCUT2D eigenvalue weighted by molar-refractivity contribution is 9.11. The summed E-state index contributed by atoms with van der Waals surface area (Å²) in [5, 5.41) is 8.68. The molecule has 6 heteroatoms. The fourth-order valence-electron chi connectivity index (χ4n) is 1.38. The summed E-state index contributed by atoms with van der Waals surface area (Å²) in [5.74, 6) is 1.88. The molecule has 0 unspecified atom stereocenters. The van der Waals surface area contributed by atoms with Crippen LogP contribution in [0.15, 0.2) is 39.4 Å². The van der Waals surface area contributed by atoms with Crippen LogP contribution in [0.2, 0.25) is 0 Å². The zero-order valence-electron chi connectivity index (χ0n) is 9.85. The summed E-state index contributed by atoms with van der Waals surface area (Å²) in [4.78, 5) is 3.94. The summed E-state index contributed by atoms with van der Waals surface area (Å²) >= 11 is 6.80. The van der Waals surface area contributed by atoms with Crippen molar-refractivity contribution in [3.05, 3.63) is 45.1 Å². The Morgan fingerprint density at radius 3 is 2.42 bits per heavy atom. The molecule has 1 heterocycles. The molecular formula is C13H8Br2N2O2. The van der Waals surface area contributed by atoms with Gasteiger partial charge in [0.25, 0.3) is 0 Å². The van der Waals surface area contributed by atoms with Crippen LogP contribution >= 0.6 is 31.9 Å². The molecule has 1 aromatic heterocycles. The van der Waals surface area contributed by atoms with Gasteiger partial charge in [0.05, 0.1) is 22.3 Å². The van der Waals surface area contributed by atoms with E-state index in [1.54, 1.807) is 31.4 Å². The molecule has 0 bridgehead atoms. The molecule has 4 nitrogen and oxygen atoms in total. The van der Waals surface area contributed by atoms with Gasteiger partial charge >= 0.3 is 0 Å². The molecule has 0 saturated carbocycles. The number of hydrogen-bond donors (Lipinski definition) is 0. The van der Waals surface area contributed by atoms with Crippen molar-refractivity contribution in [2.45, 2.75) is 0 Å². The quantitative estimate of drug-likeness (QED) is 0.793. The SMILES string of the molecule is COc1cc(Br)c(Oc2ccc(C#N)nc2)cc1Br. The van der Waals surface area contributed by atoms with Crippen LogP contribution < -0.4 is 9.47 Å². The highest BCUT2D eigenvalue weighted by Crippen LogP contribution is 2.37. The van der Waals surface area contributed by atoms with Crippen molar-refractivity contribution in [3.63, 3.8) is 0 Å². The average molecular weight is 384 g/mol. The first-order chi connectivity index (χ1) is 9.13.